The lowest BCUT2D eigenvalue weighted by atomic mass is 9.89. The number of hydrogen-bond donors (Lipinski definition) is 2. The Morgan fingerprint density at radius 1 is 1.22 bits per heavy atom. The van der Waals surface area contributed by atoms with Crippen molar-refractivity contribution in [3.63, 3.8) is 0 Å². The van der Waals surface area contributed by atoms with Gasteiger partial charge in [-0.2, -0.15) is 0 Å². The van der Waals surface area contributed by atoms with Crippen LogP contribution in [-0.4, -0.2) is 16.8 Å². The number of aliphatic imine (C=N–C) groups is 1. The van der Waals surface area contributed by atoms with E-state index in [4.69, 9.17) is 28.9 Å². The number of thioether (sulfide) groups is 1. The van der Waals surface area contributed by atoms with Crippen LogP contribution in [-0.2, 0) is 5.54 Å². The first-order valence-corrected chi connectivity index (χ1v) is 9.68. The molecule has 1 aliphatic heterocycles. The summed E-state index contributed by atoms with van der Waals surface area (Å²) in [5, 5.41) is 2.65. The van der Waals surface area contributed by atoms with Crippen molar-refractivity contribution in [3.05, 3.63) is 63.1 Å². The Kier molecular flexibility index (Phi) is 5.65. The summed E-state index contributed by atoms with van der Waals surface area (Å²) in [5.74, 6) is -1.40. The summed E-state index contributed by atoms with van der Waals surface area (Å²) in [6.45, 7) is 1.89. The van der Waals surface area contributed by atoms with Crippen molar-refractivity contribution in [3.8, 4) is 0 Å². The molecule has 1 unspecified atom stereocenters. The number of rotatable bonds is 3. The predicted molar refractivity (Wildman–Crippen MR) is 107 cm³/mol. The molecule has 0 radical (unpaired) electrons. The minimum Gasteiger partial charge on any atom is -0.379 e. The lowest BCUT2D eigenvalue weighted by Crippen LogP contribution is -2.29. The maximum atomic E-state index is 14.3. The first kappa shape index (κ1) is 19.9. The molecule has 2 aromatic carbocycles. The van der Waals surface area contributed by atoms with E-state index in [0.29, 0.717) is 17.2 Å². The summed E-state index contributed by atoms with van der Waals surface area (Å²) in [6.07, 6.45) is 0.714. The number of benzene rings is 2. The van der Waals surface area contributed by atoms with Crippen LogP contribution in [0.5, 0.6) is 0 Å². The second kappa shape index (κ2) is 7.66. The highest BCUT2D eigenvalue weighted by atomic mass is 35.5. The van der Waals surface area contributed by atoms with Crippen molar-refractivity contribution >= 4 is 51.7 Å². The Morgan fingerprint density at radius 3 is 2.67 bits per heavy atom. The molecular formula is C18H15Cl2F2N3OS. The van der Waals surface area contributed by atoms with E-state index in [0.717, 1.165) is 17.9 Å². The average molecular weight is 430 g/mol. The molecule has 0 spiro atoms. The third-order valence-corrected chi connectivity index (χ3v) is 5.68. The first-order valence-electron chi connectivity index (χ1n) is 7.94. The number of carbonyl (C=O) groups excluding carboxylic acids is 1. The van der Waals surface area contributed by atoms with Crippen LogP contribution in [0.4, 0.5) is 14.5 Å². The van der Waals surface area contributed by atoms with Gasteiger partial charge in [-0.3, -0.25) is 9.79 Å². The molecule has 9 heteroatoms. The molecule has 3 N–H and O–H groups in total. The minimum absolute atomic E-state index is 0.0379. The molecule has 142 valence electrons. The summed E-state index contributed by atoms with van der Waals surface area (Å²) in [7, 11) is 0. The van der Waals surface area contributed by atoms with Crippen molar-refractivity contribution in [2.45, 2.75) is 18.9 Å². The molecule has 1 amide bonds. The van der Waals surface area contributed by atoms with Gasteiger partial charge in [-0.1, -0.05) is 41.0 Å². The predicted octanol–water partition coefficient (Wildman–Crippen LogP) is 5.19. The molecule has 0 saturated carbocycles. The lowest BCUT2D eigenvalue weighted by Gasteiger charge is -2.30. The van der Waals surface area contributed by atoms with Crippen LogP contribution >= 0.6 is 35.0 Å². The molecular weight excluding hydrogens is 415 g/mol. The molecule has 3 rings (SSSR count). The Balaban J connectivity index is 1.93. The van der Waals surface area contributed by atoms with E-state index in [9.17, 15) is 13.6 Å². The molecule has 1 heterocycles. The highest BCUT2D eigenvalue weighted by Crippen LogP contribution is 2.36. The van der Waals surface area contributed by atoms with Crippen molar-refractivity contribution in [2.75, 3.05) is 11.1 Å². The molecule has 1 aliphatic rings. The monoisotopic (exact) mass is 429 g/mol. The van der Waals surface area contributed by atoms with Gasteiger partial charge in [-0.25, -0.2) is 8.78 Å². The Bertz CT molecular complexity index is 954. The zero-order chi connectivity index (χ0) is 19.8. The van der Waals surface area contributed by atoms with E-state index in [1.807, 2.05) is 6.92 Å². The van der Waals surface area contributed by atoms with Gasteiger partial charge in [0.1, 0.15) is 11.6 Å². The van der Waals surface area contributed by atoms with Crippen LogP contribution in [0.2, 0.25) is 10.0 Å². The van der Waals surface area contributed by atoms with Gasteiger partial charge in [0.05, 0.1) is 26.8 Å². The largest absolute Gasteiger partial charge is 0.379 e. The average Bonchev–Trinajstić information content (AvgIpc) is 2.59. The van der Waals surface area contributed by atoms with Crippen LogP contribution in [0.1, 0.15) is 29.3 Å². The van der Waals surface area contributed by atoms with Gasteiger partial charge in [0, 0.05) is 5.75 Å². The Hall–Kier alpha value is -1.83. The number of hydrogen-bond acceptors (Lipinski definition) is 4. The third-order valence-electron chi connectivity index (χ3n) is 4.29. The van der Waals surface area contributed by atoms with Gasteiger partial charge in [-0.15, -0.1) is 0 Å². The number of nitrogens with one attached hydrogen (secondary N) is 1. The van der Waals surface area contributed by atoms with Crippen LogP contribution in [0.15, 0.2) is 35.3 Å². The highest BCUT2D eigenvalue weighted by Gasteiger charge is 2.30. The Labute approximate surface area is 169 Å². The van der Waals surface area contributed by atoms with Gasteiger partial charge in [0.25, 0.3) is 5.91 Å². The summed E-state index contributed by atoms with van der Waals surface area (Å²) in [5.41, 5.74) is 5.70. The quantitative estimate of drug-likeness (QED) is 0.659. The third kappa shape index (κ3) is 4.20. The number of amidine groups is 1. The number of nitrogens with two attached hydrogens (primary N) is 1. The van der Waals surface area contributed by atoms with E-state index in [-0.39, 0.29) is 21.3 Å². The number of halogens is 4. The fourth-order valence-electron chi connectivity index (χ4n) is 2.74. The maximum absolute atomic E-state index is 14.3. The summed E-state index contributed by atoms with van der Waals surface area (Å²) in [6, 6.07) is 6.38. The van der Waals surface area contributed by atoms with Crippen LogP contribution in [0.25, 0.3) is 0 Å². The molecule has 0 saturated heterocycles. The minimum atomic E-state index is -0.794. The summed E-state index contributed by atoms with van der Waals surface area (Å²) in [4.78, 5) is 16.9. The van der Waals surface area contributed by atoms with Gasteiger partial charge in [0.2, 0.25) is 0 Å². The van der Waals surface area contributed by atoms with Crippen molar-refractivity contribution in [2.24, 2.45) is 10.7 Å². The van der Waals surface area contributed by atoms with Gasteiger partial charge >= 0.3 is 0 Å². The number of carbonyl (C=O) groups is 1. The van der Waals surface area contributed by atoms with Gasteiger partial charge in [-0.05, 0) is 43.2 Å². The van der Waals surface area contributed by atoms with E-state index in [1.165, 1.54) is 23.9 Å². The molecule has 4 nitrogen and oxygen atoms in total. The Morgan fingerprint density at radius 2 is 1.96 bits per heavy atom. The molecule has 0 bridgehead atoms. The maximum Gasteiger partial charge on any atom is 0.257 e. The standard InChI is InChI=1S/C18H15Cl2F2N3OS/c1-18(4-5-27-17(23)25-18)9-2-3-13(21)15(6-9)24-16(26)10-7-14(22)12(20)8-11(10)19/h2-3,6-8H,4-5H2,1H3,(H2,23,25)(H,24,26). The molecule has 0 aromatic heterocycles. The zero-order valence-electron chi connectivity index (χ0n) is 14.2. The topological polar surface area (TPSA) is 67.5 Å². The van der Waals surface area contributed by atoms with Crippen molar-refractivity contribution in [1.82, 2.24) is 0 Å². The second-order valence-electron chi connectivity index (χ2n) is 6.22. The lowest BCUT2D eigenvalue weighted by molar-refractivity contribution is 0.102. The molecule has 1 atom stereocenters. The SMILES string of the molecule is CC1(c2ccc(F)c(NC(=O)c3cc(F)c(Cl)cc3Cl)c2)CCSC(N)=N1. The highest BCUT2D eigenvalue weighted by molar-refractivity contribution is 8.13. The fourth-order valence-corrected chi connectivity index (χ4v) is 4.18. The van der Waals surface area contributed by atoms with Crippen molar-refractivity contribution < 1.29 is 13.6 Å². The number of anilines is 1. The fraction of sp³-hybridized carbons (Fsp3) is 0.222. The van der Waals surface area contributed by atoms with Crippen molar-refractivity contribution in [1.29, 1.82) is 0 Å². The molecule has 0 aliphatic carbocycles. The zero-order valence-corrected chi connectivity index (χ0v) is 16.5. The molecule has 0 fully saturated rings. The molecule has 2 aromatic rings. The first-order chi connectivity index (χ1) is 12.7. The van der Waals surface area contributed by atoms with Crippen LogP contribution in [0.3, 0.4) is 0 Å². The smallest absolute Gasteiger partial charge is 0.257 e. The molecule has 27 heavy (non-hydrogen) atoms. The van der Waals surface area contributed by atoms with E-state index in [2.05, 4.69) is 10.3 Å². The van der Waals surface area contributed by atoms with Crippen LogP contribution < -0.4 is 11.1 Å². The van der Waals surface area contributed by atoms with E-state index >= 15 is 0 Å². The van der Waals surface area contributed by atoms with E-state index < -0.39 is 23.1 Å². The van der Waals surface area contributed by atoms with Gasteiger partial charge < -0.3 is 11.1 Å². The second-order valence-corrected chi connectivity index (χ2v) is 8.15. The number of amides is 1. The summed E-state index contributed by atoms with van der Waals surface area (Å²) >= 11 is 13.0. The van der Waals surface area contributed by atoms with Gasteiger partial charge in [0.15, 0.2) is 5.17 Å². The van der Waals surface area contributed by atoms with E-state index in [1.54, 1.807) is 6.07 Å². The number of nitrogens with zero attached hydrogens (tertiary/aromatic N) is 1. The normalized spacial score (nSPS) is 19.5. The van der Waals surface area contributed by atoms with Crippen LogP contribution in [0, 0.1) is 11.6 Å². The summed E-state index contributed by atoms with van der Waals surface area (Å²) < 4.78 is 27.9.